The summed E-state index contributed by atoms with van der Waals surface area (Å²) in [4.78, 5) is 12.4. The number of halogens is 3. The Kier molecular flexibility index (Phi) is 6.20. The molecule has 2 aromatic carbocycles. The van der Waals surface area contributed by atoms with Crippen LogP contribution in [0.4, 0.5) is 30.4 Å². The van der Waals surface area contributed by atoms with Crippen LogP contribution in [0, 0.1) is 24.4 Å². The van der Waals surface area contributed by atoms with Crippen LogP contribution in [-0.2, 0) is 18.0 Å². The van der Waals surface area contributed by atoms with Gasteiger partial charge in [0.15, 0.2) is 5.75 Å². The van der Waals surface area contributed by atoms with Crippen molar-refractivity contribution in [3.8, 4) is 5.75 Å². The Morgan fingerprint density at radius 1 is 1.09 bits per heavy atom. The van der Waals surface area contributed by atoms with Crippen LogP contribution in [0.2, 0.25) is 0 Å². The van der Waals surface area contributed by atoms with Crippen molar-refractivity contribution in [1.29, 1.82) is 0 Å². The number of hydrogen-bond donors (Lipinski definition) is 2. The Bertz CT molecular complexity index is 1290. The van der Waals surface area contributed by atoms with Crippen molar-refractivity contribution < 1.29 is 22.1 Å². The predicted octanol–water partition coefficient (Wildman–Crippen LogP) is 4.49. The fraction of sp³-hybridized carbons (Fsp3) is 0.261. The van der Waals surface area contributed by atoms with Crippen molar-refractivity contribution in [2.24, 2.45) is 7.05 Å². The van der Waals surface area contributed by atoms with Crippen molar-refractivity contribution in [2.45, 2.75) is 24.5 Å². The lowest BCUT2D eigenvalue weighted by Gasteiger charge is -2.19. The highest BCUT2D eigenvalue weighted by Gasteiger charge is 2.44. The summed E-state index contributed by atoms with van der Waals surface area (Å²) in [5.74, 6) is -1.91. The van der Waals surface area contributed by atoms with E-state index in [1.165, 1.54) is 49.1 Å². The van der Waals surface area contributed by atoms with Crippen LogP contribution in [0.15, 0.2) is 47.3 Å². The fourth-order valence-electron chi connectivity index (χ4n) is 3.66. The number of aryl methyl sites for hydroxylation is 1. The van der Waals surface area contributed by atoms with Gasteiger partial charge in [-0.2, -0.15) is 0 Å². The van der Waals surface area contributed by atoms with Gasteiger partial charge in [0.1, 0.15) is 39.9 Å². The first-order valence-corrected chi connectivity index (χ1v) is 11.3. The van der Waals surface area contributed by atoms with E-state index < -0.39 is 39.2 Å². The molecule has 4 rings (SSSR count). The van der Waals surface area contributed by atoms with Crippen LogP contribution < -0.4 is 20.3 Å². The normalized spacial score (nSPS) is 18.0. The van der Waals surface area contributed by atoms with Crippen LogP contribution in [0.1, 0.15) is 23.5 Å². The summed E-state index contributed by atoms with van der Waals surface area (Å²) in [5, 5.41) is 2.48. The number of ether oxygens (including phenoxy) is 1. The molecule has 3 aromatic rings. The highest BCUT2D eigenvalue weighted by molar-refractivity contribution is 7.87. The Labute approximate surface area is 191 Å². The van der Waals surface area contributed by atoms with E-state index in [9.17, 15) is 22.2 Å². The molecule has 0 spiro atoms. The van der Waals surface area contributed by atoms with E-state index in [1.54, 1.807) is 13.0 Å². The summed E-state index contributed by atoms with van der Waals surface area (Å²) in [6.07, 6.45) is 0.464. The minimum Gasteiger partial charge on any atom is -0.494 e. The molecule has 0 amide bonds. The average molecular weight is 478 g/mol. The van der Waals surface area contributed by atoms with Crippen molar-refractivity contribution in [1.82, 2.24) is 4.57 Å². The zero-order chi connectivity index (χ0) is 23.9. The maximum Gasteiger partial charge on any atom is 0.255 e. The van der Waals surface area contributed by atoms with E-state index in [0.717, 1.165) is 11.6 Å². The van der Waals surface area contributed by atoms with Gasteiger partial charge in [-0.1, -0.05) is 6.07 Å². The van der Waals surface area contributed by atoms with Gasteiger partial charge in [0, 0.05) is 25.1 Å². The lowest BCUT2D eigenvalue weighted by atomic mass is 10.1. The molecule has 33 heavy (non-hydrogen) atoms. The number of nitrogens with zero attached hydrogens (tertiary/aromatic N) is 1. The van der Waals surface area contributed by atoms with Gasteiger partial charge in [-0.25, -0.2) is 17.4 Å². The second-order valence-electron chi connectivity index (χ2n) is 7.92. The summed E-state index contributed by atoms with van der Waals surface area (Å²) >= 11 is 0. The minimum absolute atomic E-state index is 0.121. The van der Waals surface area contributed by atoms with Crippen LogP contribution in [0.5, 0.6) is 5.75 Å². The fourth-order valence-corrected chi connectivity index (χ4v) is 5.04. The van der Waals surface area contributed by atoms with Crippen LogP contribution in [-0.4, -0.2) is 21.1 Å². The molecule has 1 heterocycles. The molecule has 10 heteroatoms. The summed E-state index contributed by atoms with van der Waals surface area (Å²) in [7, 11) is 1.16. The van der Waals surface area contributed by atoms with Crippen LogP contribution >= 0.6 is 0 Å². The monoisotopic (exact) mass is 477 g/mol. The van der Waals surface area contributed by atoms with E-state index in [4.69, 9.17) is 4.74 Å². The molecule has 3 unspecified atom stereocenters. The first-order valence-electron chi connectivity index (χ1n) is 10.1. The molecule has 2 N–H and O–H groups in total. The summed E-state index contributed by atoms with van der Waals surface area (Å²) in [6, 6.07) is 9.05. The third-order valence-electron chi connectivity index (χ3n) is 5.52. The number of benzene rings is 2. The summed E-state index contributed by atoms with van der Waals surface area (Å²) in [6.45, 7) is 1.75. The summed E-state index contributed by atoms with van der Waals surface area (Å²) in [5.41, 5.74) is 1.06. The molecule has 0 saturated heterocycles. The second-order valence-corrected chi connectivity index (χ2v) is 9.33. The maximum absolute atomic E-state index is 14.5. The van der Waals surface area contributed by atoms with Gasteiger partial charge in [-0.15, -0.1) is 0 Å². The van der Waals surface area contributed by atoms with Gasteiger partial charge >= 0.3 is 0 Å². The van der Waals surface area contributed by atoms with E-state index >= 15 is 0 Å². The lowest BCUT2D eigenvalue weighted by molar-refractivity contribution is 0.415. The first kappa shape index (κ1) is 22.9. The molecule has 1 saturated carbocycles. The Morgan fingerprint density at radius 3 is 2.42 bits per heavy atom. The molecule has 1 fully saturated rings. The van der Waals surface area contributed by atoms with E-state index in [-0.39, 0.29) is 28.9 Å². The molecule has 0 aliphatic heterocycles. The van der Waals surface area contributed by atoms with E-state index in [1.807, 2.05) is 0 Å². The van der Waals surface area contributed by atoms with Gasteiger partial charge in [-0.3, -0.25) is 14.1 Å². The zero-order valence-electron chi connectivity index (χ0n) is 18.1. The van der Waals surface area contributed by atoms with Gasteiger partial charge < -0.3 is 10.1 Å². The van der Waals surface area contributed by atoms with Gasteiger partial charge in [0.25, 0.3) is 5.56 Å². The standard InChI is InChI=1S/C23H22F3N3O3S/c1-12-4-5-18(17(26)6-12)27-23-22(19(32-3)11-21(30)29(23)2)28-33(31)20-10-16(20)13-7-14(24)9-15(25)8-13/h4-9,11,16,20,27-28H,10H2,1-3H3. The molecule has 3 atom stereocenters. The highest BCUT2D eigenvalue weighted by atomic mass is 32.2. The SMILES string of the molecule is COc1cc(=O)n(C)c(Nc2ccc(C)cc2F)c1NS(=O)C1CC1c1cc(F)cc(F)c1. The number of pyridine rings is 1. The molecule has 0 radical (unpaired) electrons. The molecule has 0 bridgehead atoms. The molecule has 1 aliphatic carbocycles. The molecular weight excluding hydrogens is 455 g/mol. The molecule has 174 valence electrons. The number of nitrogens with one attached hydrogen (secondary N) is 2. The minimum atomic E-state index is -1.68. The number of rotatable bonds is 7. The smallest absolute Gasteiger partial charge is 0.255 e. The van der Waals surface area contributed by atoms with Crippen LogP contribution in [0.3, 0.4) is 0 Å². The van der Waals surface area contributed by atoms with Gasteiger partial charge in [0.2, 0.25) is 0 Å². The number of hydrogen-bond acceptors (Lipinski definition) is 4. The summed E-state index contributed by atoms with van der Waals surface area (Å²) < 4.78 is 64.1. The van der Waals surface area contributed by atoms with Crippen molar-refractivity contribution in [3.05, 3.63) is 81.4 Å². The second kappa shape index (κ2) is 8.93. The molecule has 1 aliphatic rings. The van der Waals surface area contributed by atoms with Gasteiger partial charge in [0.05, 0.1) is 18.0 Å². The lowest BCUT2D eigenvalue weighted by Crippen LogP contribution is -2.22. The average Bonchev–Trinajstić information content (AvgIpc) is 3.55. The first-order chi connectivity index (χ1) is 15.7. The molecule has 6 nitrogen and oxygen atoms in total. The Hall–Kier alpha value is -3.27. The zero-order valence-corrected chi connectivity index (χ0v) is 18.9. The Balaban J connectivity index is 1.65. The molecule has 1 aromatic heterocycles. The van der Waals surface area contributed by atoms with Crippen molar-refractivity contribution >= 4 is 28.2 Å². The number of anilines is 3. The van der Waals surface area contributed by atoms with E-state index in [2.05, 4.69) is 10.0 Å². The number of aromatic nitrogens is 1. The van der Waals surface area contributed by atoms with Gasteiger partial charge in [-0.05, 0) is 48.7 Å². The predicted molar refractivity (Wildman–Crippen MR) is 122 cm³/mol. The third-order valence-corrected chi connectivity index (χ3v) is 7.00. The quantitative estimate of drug-likeness (QED) is 0.526. The highest BCUT2D eigenvalue weighted by Crippen LogP contribution is 2.46. The topological polar surface area (TPSA) is 72.4 Å². The van der Waals surface area contributed by atoms with Crippen molar-refractivity contribution in [3.63, 3.8) is 0 Å². The van der Waals surface area contributed by atoms with Crippen molar-refractivity contribution in [2.75, 3.05) is 17.1 Å². The van der Waals surface area contributed by atoms with E-state index in [0.29, 0.717) is 12.0 Å². The van der Waals surface area contributed by atoms with Crippen LogP contribution in [0.25, 0.3) is 0 Å². The Morgan fingerprint density at radius 2 is 1.79 bits per heavy atom. The molecular formula is C23H22F3N3O3S. The third kappa shape index (κ3) is 4.75. The number of methoxy groups -OCH3 is 1. The largest absolute Gasteiger partial charge is 0.494 e. The maximum atomic E-state index is 14.5.